The maximum atomic E-state index is 13.3. The Morgan fingerprint density at radius 2 is 1.89 bits per heavy atom. The molecule has 1 unspecified atom stereocenters. The molecule has 8 nitrogen and oxygen atoms in total. The fraction of sp³-hybridized carbons (Fsp3) is 0.280. The molecule has 0 bridgehead atoms. The van der Waals surface area contributed by atoms with Crippen molar-refractivity contribution >= 4 is 26.8 Å². The molecule has 1 fully saturated rings. The van der Waals surface area contributed by atoms with Crippen LogP contribution in [-0.4, -0.2) is 46.0 Å². The Labute approximate surface area is 210 Å². The number of rotatable bonds is 7. The summed E-state index contributed by atoms with van der Waals surface area (Å²) in [6.45, 7) is 0.218. The monoisotopic (exact) mass is 530 g/mol. The third-order valence-electron chi connectivity index (χ3n) is 6.22. The van der Waals surface area contributed by atoms with Crippen LogP contribution in [0.4, 0.5) is 13.2 Å². The number of benzene rings is 1. The van der Waals surface area contributed by atoms with Gasteiger partial charge in [-0.25, -0.2) is 13.4 Å². The number of sulfonamides is 1. The van der Waals surface area contributed by atoms with Crippen LogP contribution in [-0.2, 0) is 27.4 Å². The molecule has 4 aromatic rings. The van der Waals surface area contributed by atoms with Crippen molar-refractivity contribution in [2.75, 3.05) is 6.54 Å². The van der Waals surface area contributed by atoms with Crippen LogP contribution in [0.5, 0.6) is 0 Å². The highest BCUT2D eigenvalue weighted by Gasteiger charge is 2.40. The van der Waals surface area contributed by atoms with Crippen LogP contribution in [0, 0.1) is 0 Å². The Kier molecular flexibility index (Phi) is 6.54. The second-order valence-corrected chi connectivity index (χ2v) is 10.5. The molecule has 1 atom stereocenters. The van der Waals surface area contributed by atoms with E-state index in [9.17, 15) is 26.4 Å². The Morgan fingerprint density at radius 3 is 2.62 bits per heavy atom. The van der Waals surface area contributed by atoms with Gasteiger partial charge < -0.3 is 4.42 Å². The number of carbonyl (C=O) groups is 1. The molecule has 0 aliphatic carbocycles. The van der Waals surface area contributed by atoms with Gasteiger partial charge in [0.15, 0.2) is 11.5 Å². The van der Waals surface area contributed by atoms with E-state index < -0.39 is 27.9 Å². The normalized spacial score (nSPS) is 16.9. The molecule has 1 aromatic carbocycles. The second kappa shape index (κ2) is 9.67. The van der Waals surface area contributed by atoms with Crippen molar-refractivity contribution in [3.63, 3.8) is 0 Å². The summed E-state index contributed by atoms with van der Waals surface area (Å²) in [5.74, 6) is -0.237. The van der Waals surface area contributed by atoms with Crippen LogP contribution in [0.3, 0.4) is 0 Å². The van der Waals surface area contributed by atoms with Gasteiger partial charge in [-0.2, -0.15) is 17.5 Å². The molecule has 3 aromatic heterocycles. The number of para-hydroxylation sites is 1. The lowest BCUT2D eigenvalue weighted by Crippen LogP contribution is -2.40. The van der Waals surface area contributed by atoms with Crippen LogP contribution in [0.15, 0.2) is 70.6 Å². The molecule has 5 rings (SSSR count). The quantitative estimate of drug-likeness (QED) is 0.342. The second-order valence-electron chi connectivity index (χ2n) is 8.66. The van der Waals surface area contributed by atoms with Gasteiger partial charge in [-0.15, -0.1) is 0 Å². The van der Waals surface area contributed by atoms with E-state index in [1.54, 1.807) is 36.4 Å². The first-order valence-electron chi connectivity index (χ1n) is 11.5. The van der Waals surface area contributed by atoms with Gasteiger partial charge in [0.2, 0.25) is 5.09 Å². The van der Waals surface area contributed by atoms with Gasteiger partial charge in [-0.05, 0) is 37.5 Å². The number of carbonyl (C=O) groups excluding carboxylic acids is 1. The van der Waals surface area contributed by atoms with Crippen molar-refractivity contribution < 1.29 is 30.8 Å². The average Bonchev–Trinajstić information content (AvgIpc) is 3.55. The molecule has 37 heavy (non-hydrogen) atoms. The summed E-state index contributed by atoms with van der Waals surface area (Å²) in [5.41, 5.74) is 0.634. The first-order chi connectivity index (χ1) is 17.6. The first-order valence-corrected chi connectivity index (χ1v) is 12.9. The van der Waals surface area contributed by atoms with E-state index in [1.807, 2.05) is 0 Å². The highest BCUT2D eigenvalue weighted by molar-refractivity contribution is 7.89. The zero-order valence-corrected chi connectivity index (χ0v) is 20.2. The summed E-state index contributed by atoms with van der Waals surface area (Å²) in [5, 5.41) is 0.465. The molecule has 1 aliphatic rings. The van der Waals surface area contributed by atoms with Crippen molar-refractivity contribution in [2.45, 2.75) is 43.0 Å². The molecule has 1 saturated heterocycles. The lowest BCUT2D eigenvalue weighted by atomic mass is 10.0. The number of halogens is 3. The van der Waals surface area contributed by atoms with Crippen LogP contribution in [0.1, 0.15) is 30.7 Å². The molecule has 12 heteroatoms. The van der Waals surface area contributed by atoms with Gasteiger partial charge in [0.05, 0.1) is 24.1 Å². The predicted octanol–water partition coefficient (Wildman–Crippen LogP) is 4.66. The van der Waals surface area contributed by atoms with Gasteiger partial charge in [-0.1, -0.05) is 18.2 Å². The molecular weight excluding hydrogens is 509 g/mol. The molecule has 0 saturated carbocycles. The number of pyridine rings is 1. The number of alkyl halides is 3. The van der Waals surface area contributed by atoms with Gasteiger partial charge in [0, 0.05) is 41.9 Å². The maximum Gasteiger partial charge on any atom is 0.434 e. The Morgan fingerprint density at radius 1 is 1.08 bits per heavy atom. The smallest absolute Gasteiger partial charge is 0.434 e. The van der Waals surface area contributed by atoms with E-state index in [0.29, 0.717) is 41.3 Å². The van der Waals surface area contributed by atoms with Crippen LogP contribution < -0.4 is 0 Å². The summed E-state index contributed by atoms with van der Waals surface area (Å²) >= 11 is 0. The highest BCUT2D eigenvalue weighted by Crippen LogP contribution is 2.31. The number of hydrogen-bond donors (Lipinski definition) is 0. The van der Waals surface area contributed by atoms with Crippen molar-refractivity contribution in [1.29, 1.82) is 0 Å². The first kappa shape index (κ1) is 25.0. The number of ketones is 1. The van der Waals surface area contributed by atoms with Crippen LogP contribution >= 0.6 is 0 Å². The van der Waals surface area contributed by atoms with Crippen LogP contribution in [0.2, 0.25) is 0 Å². The minimum atomic E-state index is -4.58. The van der Waals surface area contributed by atoms with Gasteiger partial charge in [0.1, 0.15) is 5.58 Å². The number of Topliss-reactive ketones (excluding diaryl/α,β-unsaturated/α-hetero) is 1. The largest absolute Gasteiger partial charge is 0.443 e. The lowest BCUT2D eigenvalue weighted by Gasteiger charge is -2.21. The fourth-order valence-corrected chi connectivity index (χ4v) is 5.99. The van der Waals surface area contributed by atoms with Crippen LogP contribution in [0.25, 0.3) is 22.2 Å². The van der Waals surface area contributed by atoms with Crippen molar-refractivity contribution in [3.8, 4) is 11.3 Å². The molecule has 4 heterocycles. The van der Waals surface area contributed by atoms with Gasteiger partial charge >= 0.3 is 6.18 Å². The SMILES string of the molecule is O=C(CCc1cc(-c2cnc(C(F)(F)F)cn2)ccn1)C1CCCN1S(=O)(=O)c1cc2ccccc2o1. The van der Waals surface area contributed by atoms with Crippen molar-refractivity contribution in [2.24, 2.45) is 0 Å². The van der Waals surface area contributed by atoms with Gasteiger partial charge in [0.25, 0.3) is 10.0 Å². The maximum absolute atomic E-state index is 13.3. The zero-order chi connectivity index (χ0) is 26.2. The number of hydrogen-bond acceptors (Lipinski definition) is 7. The van der Waals surface area contributed by atoms with E-state index in [4.69, 9.17) is 4.42 Å². The fourth-order valence-electron chi connectivity index (χ4n) is 4.37. The minimum Gasteiger partial charge on any atom is -0.443 e. The Balaban J connectivity index is 1.28. The van der Waals surface area contributed by atoms with E-state index in [-0.39, 0.29) is 36.0 Å². The molecular formula is C25H21F3N4O4S. The van der Waals surface area contributed by atoms with E-state index in [1.165, 1.54) is 16.6 Å². The zero-order valence-electron chi connectivity index (χ0n) is 19.4. The third kappa shape index (κ3) is 5.12. The Hall–Kier alpha value is -3.64. The van der Waals surface area contributed by atoms with Gasteiger partial charge in [-0.3, -0.25) is 14.8 Å². The van der Waals surface area contributed by atoms with E-state index in [2.05, 4.69) is 15.0 Å². The van der Waals surface area contributed by atoms with E-state index >= 15 is 0 Å². The molecule has 1 aliphatic heterocycles. The third-order valence-corrected chi connectivity index (χ3v) is 7.99. The Bertz CT molecular complexity index is 1520. The summed E-state index contributed by atoms with van der Waals surface area (Å²) in [6.07, 6.45) is -0.170. The molecule has 0 N–H and O–H groups in total. The predicted molar refractivity (Wildman–Crippen MR) is 127 cm³/mol. The number of aryl methyl sites for hydroxylation is 1. The summed E-state index contributed by atoms with van der Waals surface area (Å²) in [6, 6.07) is 10.8. The average molecular weight is 531 g/mol. The van der Waals surface area contributed by atoms with Crippen molar-refractivity contribution in [1.82, 2.24) is 19.3 Å². The molecule has 0 amide bonds. The summed E-state index contributed by atoms with van der Waals surface area (Å²) < 4.78 is 71.5. The lowest BCUT2D eigenvalue weighted by molar-refractivity contribution is -0.141. The molecule has 0 spiro atoms. The number of furan rings is 1. The highest BCUT2D eigenvalue weighted by atomic mass is 32.2. The number of aromatic nitrogens is 3. The number of fused-ring (bicyclic) bond motifs is 1. The standard InChI is InChI=1S/C25H21F3N4O4S/c26-25(27,28)23-15-30-19(14-31-23)16-9-10-29-18(12-16)7-8-21(33)20-5-3-11-32(20)37(34,35)24-13-17-4-1-2-6-22(17)36-24/h1-2,4,6,9-10,12-15,20H,3,5,7-8,11H2. The topological polar surface area (TPSA) is 106 Å². The minimum absolute atomic E-state index is 0.0476. The van der Waals surface area contributed by atoms with Crippen molar-refractivity contribution in [3.05, 3.63) is 72.4 Å². The van der Waals surface area contributed by atoms with E-state index in [0.717, 1.165) is 6.20 Å². The summed E-state index contributed by atoms with van der Waals surface area (Å²) in [7, 11) is -4.00. The molecule has 192 valence electrons. The number of nitrogens with zero attached hydrogens (tertiary/aromatic N) is 4. The molecule has 0 radical (unpaired) electrons. The summed E-state index contributed by atoms with van der Waals surface area (Å²) in [4.78, 5) is 24.6.